The zero-order chi connectivity index (χ0) is 19.6. The van der Waals surface area contributed by atoms with Crippen LogP contribution in [-0.4, -0.2) is 27.1 Å². The minimum absolute atomic E-state index is 0.125. The lowest BCUT2D eigenvalue weighted by Gasteiger charge is -2.13. The predicted octanol–water partition coefficient (Wildman–Crippen LogP) is 3.23. The third kappa shape index (κ3) is 3.88. The molecule has 0 fully saturated rings. The maximum absolute atomic E-state index is 13.3. The van der Waals surface area contributed by atoms with Gasteiger partial charge in [0, 0.05) is 24.1 Å². The fourth-order valence-corrected chi connectivity index (χ4v) is 3.00. The van der Waals surface area contributed by atoms with Crippen LogP contribution in [0.3, 0.4) is 0 Å². The quantitative estimate of drug-likeness (QED) is 0.724. The molecule has 0 spiro atoms. The third-order valence-electron chi connectivity index (χ3n) is 4.36. The van der Waals surface area contributed by atoms with Crippen molar-refractivity contribution in [1.82, 2.24) is 14.9 Å². The molecule has 2 aromatic heterocycles. The standard InChI is InChI=1S/C20H19F2N3O2/c1-12-8-16(13(2)25(12)15-4-3-7-23-10-15)20(27)24-11-19(26)14-5-6-17(21)18(22)9-14/h3-10,19,26H,11H2,1-2H3,(H,24,27)/t19-/m1/s1. The second-order valence-electron chi connectivity index (χ2n) is 6.23. The summed E-state index contributed by atoms with van der Waals surface area (Å²) in [6.07, 6.45) is 2.23. The molecular formula is C20H19F2N3O2. The molecule has 140 valence electrons. The molecule has 0 aliphatic rings. The number of nitrogens with one attached hydrogen (secondary N) is 1. The molecule has 0 bridgehead atoms. The Morgan fingerprint density at radius 1 is 1.22 bits per heavy atom. The zero-order valence-corrected chi connectivity index (χ0v) is 14.9. The maximum atomic E-state index is 13.3. The Morgan fingerprint density at radius 2 is 2.00 bits per heavy atom. The van der Waals surface area contributed by atoms with E-state index in [0.717, 1.165) is 29.2 Å². The van der Waals surface area contributed by atoms with Crippen LogP contribution < -0.4 is 5.32 Å². The van der Waals surface area contributed by atoms with E-state index in [9.17, 15) is 18.7 Å². The van der Waals surface area contributed by atoms with Gasteiger partial charge >= 0.3 is 0 Å². The number of amides is 1. The number of carbonyl (C=O) groups is 1. The average Bonchev–Trinajstić information content (AvgIpc) is 2.96. The first-order valence-electron chi connectivity index (χ1n) is 8.39. The van der Waals surface area contributed by atoms with Gasteiger partial charge in [0.05, 0.1) is 23.6 Å². The molecule has 3 aromatic rings. The van der Waals surface area contributed by atoms with Crippen molar-refractivity contribution in [2.75, 3.05) is 6.54 Å². The van der Waals surface area contributed by atoms with Crippen molar-refractivity contribution in [3.63, 3.8) is 0 Å². The Morgan fingerprint density at radius 3 is 2.67 bits per heavy atom. The van der Waals surface area contributed by atoms with E-state index >= 15 is 0 Å². The Kier molecular flexibility index (Phi) is 5.32. The lowest BCUT2D eigenvalue weighted by atomic mass is 10.1. The topological polar surface area (TPSA) is 67.2 Å². The van der Waals surface area contributed by atoms with E-state index in [2.05, 4.69) is 10.3 Å². The number of aryl methyl sites for hydroxylation is 1. The SMILES string of the molecule is Cc1cc(C(=O)NC[C@@H](O)c2ccc(F)c(F)c2)c(C)n1-c1cccnc1. The van der Waals surface area contributed by atoms with Gasteiger partial charge in [-0.2, -0.15) is 0 Å². The minimum atomic E-state index is -1.15. The maximum Gasteiger partial charge on any atom is 0.253 e. The molecule has 0 unspecified atom stereocenters. The Balaban J connectivity index is 1.74. The minimum Gasteiger partial charge on any atom is -0.387 e. The highest BCUT2D eigenvalue weighted by molar-refractivity contribution is 5.95. The normalized spacial score (nSPS) is 12.0. The van der Waals surface area contributed by atoms with Gasteiger partial charge < -0.3 is 15.0 Å². The summed E-state index contributed by atoms with van der Waals surface area (Å²) < 4.78 is 28.2. The van der Waals surface area contributed by atoms with Gasteiger partial charge in [0.1, 0.15) is 0 Å². The molecule has 27 heavy (non-hydrogen) atoms. The fraction of sp³-hybridized carbons (Fsp3) is 0.200. The van der Waals surface area contributed by atoms with E-state index in [4.69, 9.17) is 0 Å². The molecule has 7 heteroatoms. The first kappa shape index (κ1) is 18.7. The molecule has 0 aliphatic heterocycles. The highest BCUT2D eigenvalue weighted by atomic mass is 19.2. The summed E-state index contributed by atoms with van der Waals surface area (Å²) in [5.74, 6) is -2.39. The van der Waals surface area contributed by atoms with Crippen molar-refractivity contribution in [1.29, 1.82) is 0 Å². The summed E-state index contributed by atoms with van der Waals surface area (Å²) in [6.45, 7) is 3.58. The molecule has 2 heterocycles. The molecule has 1 amide bonds. The number of aromatic nitrogens is 2. The van der Waals surface area contributed by atoms with E-state index in [1.165, 1.54) is 6.07 Å². The van der Waals surface area contributed by atoms with Crippen LogP contribution in [0.2, 0.25) is 0 Å². The second kappa shape index (κ2) is 7.67. The number of carbonyl (C=O) groups excluding carboxylic acids is 1. The monoisotopic (exact) mass is 371 g/mol. The first-order valence-corrected chi connectivity index (χ1v) is 8.39. The van der Waals surface area contributed by atoms with Crippen LogP contribution in [-0.2, 0) is 0 Å². The summed E-state index contributed by atoms with van der Waals surface area (Å²) in [6, 6.07) is 8.59. The molecule has 5 nitrogen and oxygen atoms in total. The lowest BCUT2D eigenvalue weighted by molar-refractivity contribution is 0.0915. The van der Waals surface area contributed by atoms with Gasteiger partial charge in [0.2, 0.25) is 0 Å². The number of hydrogen-bond donors (Lipinski definition) is 2. The van der Waals surface area contributed by atoms with Gasteiger partial charge in [0.25, 0.3) is 5.91 Å². The highest BCUT2D eigenvalue weighted by Gasteiger charge is 2.18. The number of benzene rings is 1. The van der Waals surface area contributed by atoms with Crippen molar-refractivity contribution in [3.8, 4) is 5.69 Å². The molecule has 1 atom stereocenters. The lowest BCUT2D eigenvalue weighted by Crippen LogP contribution is -2.28. The zero-order valence-electron chi connectivity index (χ0n) is 14.9. The number of aliphatic hydroxyl groups excluding tert-OH is 1. The van der Waals surface area contributed by atoms with Crippen LogP contribution in [0.4, 0.5) is 8.78 Å². The van der Waals surface area contributed by atoms with Crippen LogP contribution in [0.15, 0.2) is 48.8 Å². The summed E-state index contributed by atoms with van der Waals surface area (Å²) in [4.78, 5) is 16.6. The summed E-state index contributed by atoms with van der Waals surface area (Å²) in [5.41, 5.74) is 3.10. The van der Waals surface area contributed by atoms with Crippen molar-refractivity contribution >= 4 is 5.91 Å². The Labute approximate surface area is 155 Å². The van der Waals surface area contributed by atoms with Crippen LogP contribution in [0.1, 0.15) is 33.4 Å². The Hall–Kier alpha value is -3.06. The Bertz CT molecular complexity index is 971. The molecule has 1 aromatic carbocycles. The van der Waals surface area contributed by atoms with Crippen molar-refractivity contribution in [2.24, 2.45) is 0 Å². The number of nitrogens with zero attached hydrogens (tertiary/aromatic N) is 2. The third-order valence-corrected chi connectivity index (χ3v) is 4.36. The number of aliphatic hydroxyl groups is 1. The molecule has 0 saturated heterocycles. The van der Waals surface area contributed by atoms with E-state index in [0.29, 0.717) is 5.56 Å². The predicted molar refractivity (Wildman–Crippen MR) is 96.7 cm³/mol. The van der Waals surface area contributed by atoms with Gasteiger partial charge in [0.15, 0.2) is 11.6 Å². The smallest absolute Gasteiger partial charge is 0.253 e. The second-order valence-corrected chi connectivity index (χ2v) is 6.23. The largest absolute Gasteiger partial charge is 0.387 e. The van der Waals surface area contributed by atoms with Crippen molar-refractivity contribution in [3.05, 3.63) is 82.9 Å². The van der Waals surface area contributed by atoms with E-state index in [1.807, 2.05) is 30.5 Å². The van der Waals surface area contributed by atoms with Crippen LogP contribution in [0, 0.1) is 25.5 Å². The molecule has 0 aliphatic carbocycles. The number of hydrogen-bond acceptors (Lipinski definition) is 3. The molecule has 2 N–H and O–H groups in total. The molecule has 0 radical (unpaired) electrons. The van der Waals surface area contributed by atoms with Gasteiger partial charge in [-0.1, -0.05) is 6.07 Å². The van der Waals surface area contributed by atoms with E-state index in [1.54, 1.807) is 18.5 Å². The van der Waals surface area contributed by atoms with Crippen LogP contribution in [0.25, 0.3) is 5.69 Å². The number of pyridine rings is 1. The average molecular weight is 371 g/mol. The van der Waals surface area contributed by atoms with Gasteiger partial charge in [-0.25, -0.2) is 8.78 Å². The molecular weight excluding hydrogens is 352 g/mol. The summed E-state index contributed by atoms with van der Waals surface area (Å²) >= 11 is 0. The van der Waals surface area contributed by atoms with E-state index in [-0.39, 0.29) is 18.0 Å². The van der Waals surface area contributed by atoms with Crippen LogP contribution in [0.5, 0.6) is 0 Å². The first-order chi connectivity index (χ1) is 12.9. The van der Waals surface area contributed by atoms with Gasteiger partial charge in [-0.3, -0.25) is 9.78 Å². The van der Waals surface area contributed by atoms with Crippen molar-refractivity contribution < 1.29 is 18.7 Å². The molecule has 0 saturated carbocycles. The van der Waals surface area contributed by atoms with Crippen LogP contribution >= 0.6 is 0 Å². The van der Waals surface area contributed by atoms with Gasteiger partial charge in [-0.15, -0.1) is 0 Å². The fourth-order valence-electron chi connectivity index (χ4n) is 3.00. The summed E-state index contributed by atoms with van der Waals surface area (Å²) in [5, 5.41) is 12.8. The van der Waals surface area contributed by atoms with Gasteiger partial charge in [-0.05, 0) is 49.7 Å². The van der Waals surface area contributed by atoms with E-state index < -0.39 is 17.7 Å². The summed E-state index contributed by atoms with van der Waals surface area (Å²) in [7, 11) is 0. The number of halogens is 2. The van der Waals surface area contributed by atoms with Crippen molar-refractivity contribution in [2.45, 2.75) is 20.0 Å². The molecule has 3 rings (SSSR count). The highest BCUT2D eigenvalue weighted by Crippen LogP contribution is 2.21. The number of rotatable bonds is 5.